The van der Waals surface area contributed by atoms with Crippen molar-refractivity contribution >= 4 is 45.9 Å². The molecule has 0 aliphatic heterocycles. The minimum absolute atomic E-state index is 0.271. The fourth-order valence-corrected chi connectivity index (χ4v) is 3.72. The van der Waals surface area contributed by atoms with Gasteiger partial charge in [-0.3, -0.25) is 4.79 Å². The van der Waals surface area contributed by atoms with Crippen LogP contribution in [0.15, 0.2) is 72.8 Å². The molecule has 1 heterocycles. The summed E-state index contributed by atoms with van der Waals surface area (Å²) in [6.45, 7) is 3.51. The zero-order valence-electron chi connectivity index (χ0n) is 17.4. The normalized spacial score (nSPS) is 11.9. The number of aryl methyl sites for hydroxylation is 1. The molecule has 4 nitrogen and oxygen atoms in total. The van der Waals surface area contributed by atoms with Crippen molar-refractivity contribution in [1.29, 1.82) is 0 Å². The molecule has 0 amide bonds. The summed E-state index contributed by atoms with van der Waals surface area (Å²) in [6, 6.07) is 21.1. The molecule has 0 fully saturated rings. The van der Waals surface area contributed by atoms with Crippen LogP contribution in [0.3, 0.4) is 0 Å². The molecule has 160 valence electrons. The number of pyridine rings is 1. The third kappa shape index (κ3) is 4.52. The van der Waals surface area contributed by atoms with Gasteiger partial charge in [-0.2, -0.15) is 0 Å². The zero-order chi connectivity index (χ0) is 22.8. The summed E-state index contributed by atoms with van der Waals surface area (Å²) in [5, 5.41) is 1.56. The molecular weight excluding hydrogens is 445 g/mol. The highest BCUT2D eigenvalue weighted by Crippen LogP contribution is 2.30. The molecule has 1 unspecified atom stereocenters. The Balaban J connectivity index is 1.71. The summed E-state index contributed by atoms with van der Waals surface area (Å²) in [5.41, 5.74) is 3.61. The second-order valence-electron chi connectivity index (χ2n) is 7.48. The van der Waals surface area contributed by atoms with Gasteiger partial charge in [-0.25, -0.2) is 9.78 Å². The first kappa shape index (κ1) is 22.0. The van der Waals surface area contributed by atoms with Crippen molar-refractivity contribution in [2.75, 3.05) is 0 Å². The molecule has 0 radical (unpaired) electrons. The maximum absolute atomic E-state index is 13.1. The molecule has 0 aliphatic carbocycles. The number of carbonyl (C=O) groups excluding carboxylic acids is 2. The number of para-hydroxylation sites is 1. The van der Waals surface area contributed by atoms with Gasteiger partial charge in [0.2, 0.25) is 5.78 Å². The second kappa shape index (κ2) is 9.11. The van der Waals surface area contributed by atoms with Crippen LogP contribution in [-0.2, 0) is 4.74 Å². The SMILES string of the molecule is Cc1ccc(C(=O)C(C)OC(=O)c2cc(-c3ccc(Cl)cc3)nc3c(Cl)cccc23)cc1. The number of carbonyl (C=O) groups is 2. The lowest BCUT2D eigenvalue weighted by Gasteiger charge is -2.15. The largest absolute Gasteiger partial charge is 0.451 e. The standard InChI is InChI=1S/C26H19Cl2NO3/c1-15-6-8-18(9-7-15)25(30)16(2)32-26(31)21-14-23(17-10-12-19(27)13-11-17)29-24-20(21)4-3-5-22(24)28/h3-14,16H,1-2H3. The van der Waals surface area contributed by atoms with Crippen molar-refractivity contribution in [3.63, 3.8) is 0 Å². The van der Waals surface area contributed by atoms with Crippen LogP contribution in [0.1, 0.15) is 33.2 Å². The molecular formula is C26H19Cl2NO3. The van der Waals surface area contributed by atoms with E-state index in [0.29, 0.717) is 32.2 Å². The van der Waals surface area contributed by atoms with Gasteiger partial charge in [0.25, 0.3) is 0 Å². The van der Waals surface area contributed by atoms with Crippen LogP contribution in [0, 0.1) is 6.92 Å². The highest BCUT2D eigenvalue weighted by Gasteiger charge is 2.23. The Labute approximate surface area is 195 Å². The summed E-state index contributed by atoms with van der Waals surface area (Å²) >= 11 is 12.4. The Kier molecular flexibility index (Phi) is 6.26. The molecule has 4 rings (SSSR count). The number of esters is 1. The number of benzene rings is 3. The highest BCUT2D eigenvalue weighted by atomic mass is 35.5. The van der Waals surface area contributed by atoms with Crippen molar-refractivity contribution in [3.8, 4) is 11.3 Å². The Hall–Kier alpha value is -3.21. The first-order chi connectivity index (χ1) is 15.3. The van der Waals surface area contributed by atoms with E-state index in [0.717, 1.165) is 11.1 Å². The van der Waals surface area contributed by atoms with Gasteiger partial charge in [-0.1, -0.05) is 77.3 Å². The maximum Gasteiger partial charge on any atom is 0.339 e. The smallest absolute Gasteiger partial charge is 0.339 e. The molecule has 4 aromatic rings. The van der Waals surface area contributed by atoms with E-state index < -0.39 is 12.1 Å². The summed E-state index contributed by atoms with van der Waals surface area (Å²) < 4.78 is 5.56. The number of hydrogen-bond acceptors (Lipinski definition) is 4. The fraction of sp³-hybridized carbons (Fsp3) is 0.115. The van der Waals surface area contributed by atoms with Crippen LogP contribution in [0.2, 0.25) is 10.0 Å². The van der Waals surface area contributed by atoms with Gasteiger partial charge >= 0.3 is 5.97 Å². The second-order valence-corrected chi connectivity index (χ2v) is 8.32. The topological polar surface area (TPSA) is 56.3 Å². The van der Waals surface area contributed by atoms with Crippen LogP contribution in [0.4, 0.5) is 0 Å². The van der Waals surface area contributed by atoms with Gasteiger partial charge in [-0.15, -0.1) is 0 Å². The molecule has 0 N–H and O–H groups in total. The lowest BCUT2D eigenvalue weighted by molar-refractivity contribution is 0.0320. The Morgan fingerprint density at radius 3 is 2.31 bits per heavy atom. The fourth-order valence-electron chi connectivity index (χ4n) is 3.38. The predicted molar refractivity (Wildman–Crippen MR) is 128 cm³/mol. The molecule has 0 saturated carbocycles. The Bertz CT molecular complexity index is 1320. The number of nitrogens with zero attached hydrogens (tertiary/aromatic N) is 1. The lowest BCUT2D eigenvalue weighted by Crippen LogP contribution is -2.24. The van der Waals surface area contributed by atoms with E-state index in [1.807, 2.05) is 31.2 Å². The zero-order valence-corrected chi connectivity index (χ0v) is 18.9. The minimum Gasteiger partial charge on any atom is -0.451 e. The molecule has 0 bridgehead atoms. The van der Waals surface area contributed by atoms with Crippen LogP contribution in [0.25, 0.3) is 22.2 Å². The third-order valence-corrected chi connectivity index (χ3v) is 5.70. The van der Waals surface area contributed by atoms with Gasteiger partial charge in [0.15, 0.2) is 6.10 Å². The number of aromatic nitrogens is 1. The van der Waals surface area contributed by atoms with E-state index in [1.165, 1.54) is 0 Å². The van der Waals surface area contributed by atoms with Gasteiger partial charge in [0, 0.05) is 21.5 Å². The molecule has 1 atom stereocenters. The van der Waals surface area contributed by atoms with E-state index in [2.05, 4.69) is 4.98 Å². The highest BCUT2D eigenvalue weighted by molar-refractivity contribution is 6.35. The van der Waals surface area contributed by atoms with E-state index in [4.69, 9.17) is 27.9 Å². The number of ketones is 1. The van der Waals surface area contributed by atoms with Crippen molar-refractivity contribution in [2.24, 2.45) is 0 Å². The van der Waals surface area contributed by atoms with Gasteiger partial charge in [0.05, 0.1) is 21.8 Å². The number of Topliss-reactive ketones (excluding diaryl/α,β-unsaturated/α-hetero) is 1. The quantitative estimate of drug-likeness (QED) is 0.237. The van der Waals surface area contributed by atoms with Crippen LogP contribution >= 0.6 is 23.2 Å². The average Bonchev–Trinajstić information content (AvgIpc) is 2.79. The van der Waals surface area contributed by atoms with E-state index in [1.54, 1.807) is 55.5 Å². The monoisotopic (exact) mass is 463 g/mol. The number of hydrogen-bond donors (Lipinski definition) is 0. The summed E-state index contributed by atoms with van der Waals surface area (Å²) in [5.74, 6) is -0.893. The Morgan fingerprint density at radius 1 is 0.938 bits per heavy atom. The summed E-state index contributed by atoms with van der Waals surface area (Å²) in [6.07, 6.45) is -0.952. The molecule has 1 aromatic heterocycles. The molecule has 0 aliphatic rings. The van der Waals surface area contributed by atoms with Gasteiger partial charge in [0.1, 0.15) is 0 Å². The lowest BCUT2D eigenvalue weighted by atomic mass is 10.0. The van der Waals surface area contributed by atoms with Gasteiger partial charge in [-0.05, 0) is 38.1 Å². The summed E-state index contributed by atoms with van der Waals surface area (Å²) in [4.78, 5) is 30.5. The van der Waals surface area contributed by atoms with E-state index in [-0.39, 0.29) is 11.3 Å². The van der Waals surface area contributed by atoms with Crippen LogP contribution in [0.5, 0.6) is 0 Å². The average molecular weight is 464 g/mol. The van der Waals surface area contributed by atoms with E-state index in [9.17, 15) is 9.59 Å². The maximum atomic E-state index is 13.1. The molecule has 0 spiro atoms. The third-order valence-electron chi connectivity index (χ3n) is 5.14. The molecule has 0 saturated heterocycles. The minimum atomic E-state index is -0.952. The number of halogens is 2. The predicted octanol–water partition coefficient (Wildman–Crippen LogP) is 6.95. The van der Waals surface area contributed by atoms with Crippen molar-refractivity contribution < 1.29 is 14.3 Å². The Morgan fingerprint density at radius 2 is 1.62 bits per heavy atom. The first-order valence-corrected chi connectivity index (χ1v) is 10.8. The molecule has 32 heavy (non-hydrogen) atoms. The molecule has 6 heteroatoms. The van der Waals surface area contributed by atoms with Crippen molar-refractivity contribution in [1.82, 2.24) is 4.98 Å². The summed E-state index contributed by atoms with van der Waals surface area (Å²) in [7, 11) is 0. The number of ether oxygens (including phenoxy) is 1. The van der Waals surface area contributed by atoms with Crippen molar-refractivity contribution in [2.45, 2.75) is 20.0 Å². The number of fused-ring (bicyclic) bond motifs is 1. The molecule has 3 aromatic carbocycles. The van der Waals surface area contributed by atoms with Crippen molar-refractivity contribution in [3.05, 3.63) is 99.5 Å². The van der Waals surface area contributed by atoms with E-state index >= 15 is 0 Å². The van der Waals surface area contributed by atoms with Crippen LogP contribution < -0.4 is 0 Å². The van der Waals surface area contributed by atoms with Crippen LogP contribution in [-0.4, -0.2) is 22.8 Å². The first-order valence-electron chi connectivity index (χ1n) is 10.0. The van der Waals surface area contributed by atoms with Gasteiger partial charge < -0.3 is 4.74 Å². The number of rotatable bonds is 5.